The number of nitrogens with one attached hydrogen (secondary N) is 1. The summed E-state index contributed by atoms with van der Waals surface area (Å²) in [5.74, 6) is 0.00848. The van der Waals surface area contributed by atoms with Gasteiger partial charge in [0.15, 0.2) is 11.5 Å². The number of methoxy groups -OCH3 is 2. The molecule has 1 amide bonds. The first-order valence-corrected chi connectivity index (χ1v) is 13.4. The summed E-state index contributed by atoms with van der Waals surface area (Å²) in [6.45, 7) is 1.95. The Kier molecular flexibility index (Phi) is 7.88. The average Bonchev–Trinajstić information content (AvgIpc) is 2.98. The molecule has 0 saturated heterocycles. The smallest absolute Gasteiger partial charge is 0.335 e. The Labute approximate surface area is 238 Å². The van der Waals surface area contributed by atoms with Crippen LogP contribution in [0.5, 0.6) is 11.5 Å². The molecule has 41 heavy (non-hydrogen) atoms. The van der Waals surface area contributed by atoms with Crippen LogP contribution in [0.15, 0.2) is 98.5 Å². The maximum absolute atomic E-state index is 13.4. The van der Waals surface area contributed by atoms with Gasteiger partial charge in [0.1, 0.15) is 11.4 Å². The molecule has 0 atom stereocenters. The van der Waals surface area contributed by atoms with Gasteiger partial charge in [0.05, 0.1) is 25.4 Å². The summed E-state index contributed by atoms with van der Waals surface area (Å²) in [7, 11) is 3.15. The molecule has 5 aromatic rings. The molecular weight excluding hydrogens is 547 g/mol. The number of aromatic nitrogens is 3. The zero-order valence-electron chi connectivity index (χ0n) is 22.4. The topological polar surface area (TPSA) is 104 Å². The minimum atomic E-state index is -0.799. The van der Waals surface area contributed by atoms with Crippen molar-refractivity contribution in [3.05, 3.63) is 111 Å². The second-order valence-corrected chi connectivity index (χ2v) is 9.96. The Balaban J connectivity index is 1.40. The average molecular weight is 573 g/mol. The highest BCUT2D eigenvalue weighted by molar-refractivity contribution is 7.99. The third kappa shape index (κ3) is 5.57. The van der Waals surface area contributed by atoms with E-state index in [-0.39, 0.29) is 17.8 Å². The van der Waals surface area contributed by atoms with E-state index in [1.54, 1.807) is 39.5 Å². The van der Waals surface area contributed by atoms with Crippen molar-refractivity contribution in [2.24, 2.45) is 0 Å². The molecule has 0 aliphatic carbocycles. The number of ether oxygens (including phenoxy) is 2. The van der Waals surface area contributed by atoms with E-state index in [9.17, 15) is 18.8 Å². The van der Waals surface area contributed by atoms with Gasteiger partial charge in [-0.05, 0) is 67.6 Å². The minimum absolute atomic E-state index is 0.166. The van der Waals surface area contributed by atoms with Crippen LogP contribution in [0, 0.1) is 5.82 Å². The maximum Gasteiger partial charge on any atom is 0.335 e. The normalized spacial score (nSPS) is 10.9. The molecule has 11 heteroatoms. The number of hydrogen-bond acceptors (Lipinski definition) is 7. The molecule has 0 aliphatic heterocycles. The minimum Gasteiger partial charge on any atom is -0.493 e. The van der Waals surface area contributed by atoms with Gasteiger partial charge in [0, 0.05) is 45.9 Å². The number of fused-ring (bicyclic) bond motifs is 1. The largest absolute Gasteiger partial charge is 0.493 e. The van der Waals surface area contributed by atoms with Gasteiger partial charge < -0.3 is 14.8 Å². The predicted octanol–water partition coefficient (Wildman–Crippen LogP) is 5.13. The standard InChI is InChI=1S/C30H25FN4O5S/c1-4-34-17-23(29(37)35(30(34)38)20-9-5-18(31)6-10-20)28(36)33-19-7-11-21(12-8-19)41-27-13-14-32-24-16-26(40-3)25(39-2)15-22(24)27/h5-17H,4H2,1-3H3,(H,33,36). The van der Waals surface area contributed by atoms with Crippen molar-refractivity contribution in [3.63, 3.8) is 0 Å². The lowest BCUT2D eigenvalue weighted by molar-refractivity contribution is 0.102. The van der Waals surface area contributed by atoms with Crippen molar-refractivity contribution in [3.8, 4) is 17.2 Å². The molecule has 0 bridgehead atoms. The van der Waals surface area contributed by atoms with Crippen LogP contribution in [0.3, 0.4) is 0 Å². The van der Waals surface area contributed by atoms with E-state index in [4.69, 9.17) is 9.47 Å². The fraction of sp³-hybridized carbons (Fsp3) is 0.133. The quantitative estimate of drug-likeness (QED) is 0.275. The molecule has 208 valence electrons. The summed E-state index contributed by atoms with van der Waals surface area (Å²) in [4.78, 5) is 45.5. The fourth-order valence-corrected chi connectivity index (χ4v) is 5.20. The maximum atomic E-state index is 13.4. The van der Waals surface area contributed by atoms with Gasteiger partial charge in [0.25, 0.3) is 11.5 Å². The number of halogens is 1. The molecule has 0 radical (unpaired) electrons. The molecule has 3 aromatic carbocycles. The number of benzene rings is 3. The number of rotatable bonds is 8. The van der Waals surface area contributed by atoms with E-state index in [2.05, 4.69) is 10.3 Å². The highest BCUT2D eigenvalue weighted by Gasteiger charge is 2.19. The number of hydrogen-bond donors (Lipinski definition) is 1. The summed E-state index contributed by atoms with van der Waals surface area (Å²) in [6, 6.07) is 17.7. The van der Waals surface area contributed by atoms with Crippen LogP contribution in [-0.2, 0) is 6.54 Å². The number of carbonyl (C=O) groups excluding carboxylic acids is 1. The molecule has 9 nitrogen and oxygen atoms in total. The molecular formula is C30H25FN4O5S. The van der Waals surface area contributed by atoms with Crippen LogP contribution >= 0.6 is 11.8 Å². The van der Waals surface area contributed by atoms with Crippen molar-refractivity contribution in [2.75, 3.05) is 19.5 Å². The third-order valence-electron chi connectivity index (χ3n) is 6.37. The van der Waals surface area contributed by atoms with Gasteiger partial charge >= 0.3 is 5.69 Å². The first-order valence-electron chi connectivity index (χ1n) is 12.6. The van der Waals surface area contributed by atoms with Crippen LogP contribution in [-0.4, -0.2) is 34.2 Å². The summed E-state index contributed by atoms with van der Waals surface area (Å²) in [5, 5.41) is 3.63. The summed E-state index contributed by atoms with van der Waals surface area (Å²) < 4.78 is 26.4. The van der Waals surface area contributed by atoms with E-state index < -0.39 is 23.0 Å². The number of amides is 1. The number of anilines is 1. The highest BCUT2D eigenvalue weighted by Crippen LogP contribution is 2.38. The first kappa shape index (κ1) is 27.7. The van der Waals surface area contributed by atoms with E-state index in [1.165, 1.54) is 34.7 Å². The Bertz CT molecular complexity index is 1870. The number of nitrogens with zero attached hydrogens (tertiary/aromatic N) is 3. The van der Waals surface area contributed by atoms with Gasteiger partial charge in [-0.15, -0.1) is 0 Å². The second-order valence-electron chi connectivity index (χ2n) is 8.84. The van der Waals surface area contributed by atoms with Crippen molar-refractivity contribution >= 4 is 34.3 Å². The van der Waals surface area contributed by atoms with Crippen LogP contribution in [0.2, 0.25) is 0 Å². The van der Waals surface area contributed by atoms with Crippen molar-refractivity contribution < 1.29 is 18.7 Å². The summed E-state index contributed by atoms with van der Waals surface area (Å²) >= 11 is 1.52. The van der Waals surface area contributed by atoms with E-state index in [0.717, 1.165) is 37.4 Å². The van der Waals surface area contributed by atoms with Crippen molar-refractivity contribution in [1.29, 1.82) is 0 Å². The second kappa shape index (κ2) is 11.7. The Morgan fingerprint density at radius 2 is 1.66 bits per heavy atom. The van der Waals surface area contributed by atoms with Crippen molar-refractivity contribution in [1.82, 2.24) is 14.1 Å². The van der Waals surface area contributed by atoms with Crippen LogP contribution in [0.25, 0.3) is 16.6 Å². The van der Waals surface area contributed by atoms with Gasteiger partial charge in [-0.2, -0.15) is 0 Å². The van der Waals surface area contributed by atoms with Gasteiger partial charge in [-0.3, -0.25) is 19.1 Å². The van der Waals surface area contributed by atoms with E-state index in [0.29, 0.717) is 17.2 Å². The fourth-order valence-electron chi connectivity index (χ4n) is 4.27. The molecule has 0 saturated carbocycles. The van der Waals surface area contributed by atoms with E-state index in [1.807, 2.05) is 30.3 Å². The van der Waals surface area contributed by atoms with Gasteiger partial charge in [-0.25, -0.2) is 13.8 Å². The molecule has 0 spiro atoms. The molecule has 1 N–H and O–H groups in total. The van der Waals surface area contributed by atoms with Gasteiger partial charge in [-0.1, -0.05) is 11.8 Å². The lowest BCUT2D eigenvalue weighted by Crippen LogP contribution is -2.42. The molecule has 5 rings (SSSR count). The van der Waals surface area contributed by atoms with Gasteiger partial charge in [0.2, 0.25) is 0 Å². The predicted molar refractivity (Wildman–Crippen MR) is 155 cm³/mol. The van der Waals surface area contributed by atoms with E-state index >= 15 is 0 Å². The number of aryl methyl sites for hydroxylation is 1. The lowest BCUT2D eigenvalue weighted by Gasteiger charge is -2.13. The third-order valence-corrected chi connectivity index (χ3v) is 7.46. The lowest BCUT2D eigenvalue weighted by atomic mass is 10.2. The van der Waals surface area contributed by atoms with Crippen LogP contribution in [0.4, 0.5) is 10.1 Å². The number of carbonyl (C=O) groups is 1. The molecule has 2 heterocycles. The Morgan fingerprint density at radius 3 is 2.32 bits per heavy atom. The highest BCUT2D eigenvalue weighted by atomic mass is 32.2. The molecule has 0 fully saturated rings. The zero-order valence-corrected chi connectivity index (χ0v) is 23.2. The summed E-state index contributed by atoms with van der Waals surface area (Å²) in [5.41, 5.74) is -0.251. The van der Waals surface area contributed by atoms with Crippen LogP contribution < -0.4 is 26.0 Å². The number of pyridine rings is 1. The first-order chi connectivity index (χ1) is 19.8. The Hall–Kier alpha value is -4.90. The molecule has 0 unspecified atom stereocenters. The SMILES string of the molecule is CCn1cc(C(=O)Nc2ccc(Sc3ccnc4cc(OC)c(OC)cc34)cc2)c(=O)n(-c2ccc(F)cc2)c1=O. The Morgan fingerprint density at radius 1 is 0.976 bits per heavy atom. The van der Waals surface area contributed by atoms with Crippen molar-refractivity contribution in [2.45, 2.75) is 23.3 Å². The monoisotopic (exact) mass is 572 g/mol. The molecule has 0 aliphatic rings. The molecule has 2 aromatic heterocycles. The summed E-state index contributed by atoms with van der Waals surface area (Å²) in [6.07, 6.45) is 2.96. The van der Waals surface area contributed by atoms with Crippen LogP contribution in [0.1, 0.15) is 17.3 Å². The zero-order chi connectivity index (χ0) is 29.1.